The van der Waals surface area contributed by atoms with Gasteiger partial charge in [-0.1, -0.05) is 18.2 Å². The van der Waals surface area contributed by atoms with Crippen LogP contribution in [0.25, 0.3) is 0 Å². The summed E-state index contributed by atoms with van der Waals surface area (Å²) in [5, 5.41) is 16.3. The van der Waals surface area contributed by atoms with Gasteiger partial charge in [0.15, 0.2) is 0 Å². The van der Waals surface area contributed by atoms with Gasteiger partial charge in [0.1, 0.15) is 16.8 Å². The van der Waals surface area contributed by atoms with Crippen molar-refractivity contribution in [3.8, 4) is 0 Å². The van der Waals surface area contributed by atoms with Crippen LogP contribution in [0.4, 0.5) is 10.5 Å². The average molecular weight is 442 g/mol. The second-order valence-corrected chi connectivity index (χ2v) is 7.93. The van der Waals surface area contributed by atoms with Crippen LogP contribution < -0.4 is 16.0 Å². The van der Waals surface area contributed by atoms with Gasteiger partial charge in [-0.3, -0.25) is 14.5 Å². The minimum absolute atomic E-state index is 0.150. The van der Waals surface area contributed by atoms with Crippen molar-refractivity contribution < 1.29 is 28.7 Å². The molecule has 4 N–H and O–H groups in total. The molecule has 11 heteroatoms. The number of benzene rings is 1. The zero-order chi connectivity index (χ0) is 22.0. The number of urea groups is 1. The Morgan fingerprint density at radius 1 is 1.16 bits per heavy atom. The van der Waals surface area contributed by atoms with Crippen LogP contribution in [0, 0.1) is 0 Å². The molecule has 4 rings (SSSR count). The molecule has 0 spiro atoms. The number of hydrogen-bond acceptors (Lipinski definition) is 6. The summed E-state index contributed by atoms with van der Waals surface area (Å²) in [7, 11) is 0. The highest BCUT2D eigenvalue weighted by molar-refractivity contribution is 8.00. The van der Waals surface area contributed by atoms with Crippen molar-refractivity contribution in [2.75, 3.05) is 11.1 Å². The van der Waals surface area contributed by atoms with E-state index in [1.807, 2.05) is 0 Å². The third-order valence-corrected chi connectivity index (χ3v) is 6.00. The van der Waals surface area contributed by atoms with Crippen LogP contribution >= 0.6 is 11.8 Å². The van der Waals surface area contributed by atoms with Gasteiger partial charge in [0.25, 0.3) is 5.91 Å². The van der Waals surface area contributed by atoms with Crippen molar-refractivity contribution in [3.05, 3.63) is 66.3 Å². The van der Waals surface area contributed by atoms with Gasteiger partial charge in [-0.25, -0.2) is 9.59 Å². The lowest BCUT2D eigenvalue weighted by molar-refractivity contribution is -0.160. The van der Waals surface area contributed by atoms with Gasteiger partial charge in [0, 0.05) is 11.4 Å². The molecule has 0 aliphatic carbocycles. The number of nitrogens with zero attached hydrogens (tertiary/aromatic N) is 1. The number of furan rings is 1. The Balaban J connectivity index is 1.57. The van der Waals surface area contributed by atoms with Crippen molar-refractivity contribution in [3.63, 3.8) is 0 Å². The number of thioether (sulfide) groups is 1. The number of carbonyl (C=O) groups excluding carboxylic acids is 3. The summed E-state index contributed by atoms with van der Waals surface area (Å²) in [5.74, 6) is -1.88. The summed E-state index contributed by atoms with van der Waals surface area (Å²) in [4.78, 5) is 51.0. The van der Waals surface area contributed by atoms with Gasteiger partial charge in [0.2, 0.25) is 11.6 Å². The van der Waals surface area contributed by atoms with Crippen molar-refractivity contribution in [1.82, 2.24) is 15.5 Å². The molecule has 160 valence electrons. The van der Waals surface area contributed by atoms with Crippen LogP contribution in [0.3, 0.4) is 0 Å². The van der Waals surface area contributed by atoms with Crippen molar-refractivity contribution in [1.29, 1.82) is 0 Å². The number of aliphatic carboxylic acids is 1. The Labute approximate surface area is 180 Å². The first-order valence-corrected chi connectivity index (χ1v) is 10.3. The van der Waals surface area contributed by atoms with Crippen LogP contribution in [0.5, 0.6) is 0 Å². The third kappa shape index (κ3) is 3.87. The number of carboxylic acid groups (broad SMARTS) is 1. The summed E-state index contributed by atoms with van der Waals surface area (Å²) in [6.45, 7) is 0. The fourth-order valence-electron chi connectivity index (χ4n) is 3.43. The number of rotatable bonds is 6. The van der Waals surface area contributed by atoms with E-state index in [1.165, 1.54) is 24.1 Å². The fraction of sp³-hybridized carbons (Fsp3) is 0.200. The van der Waals surface area contributed by atoms with E-state index in [9.17, 15) is 24.3 Å². The average Bonchev–Trinajstić information content (AvgIpc) is 3.25. The van der Waals surface area contributed by atoms with E-state index >= 15 is 0 Å². The number of amides is 4. The molecule has 2 aromatic rings. The Morgan fingerprint density at radius 3 is 2.61 bits per heavy atom. The summed E-state index contributed by atoms with van der Waals surface area (Å²) in [6.07, 6.45) is 2.68. The normalized spacial score (nSPS) is 21.9. The number of para-hydroxylation sites is 1. The number of carbonyl (C=O) groups is 4. The topological polar surface area (TPSA) is 141 Å². The van der Waals surface area contributed by atoms with E-state index in [4.69, 9.17) is 4.42 Å². The number of anilines is 1. The van der Waals surface area contributed by atoms with E-state index in [0.717, 1.165) is 4.90 Å². The largest absolute Gasteiger partial charge is 0.477 e. The highest BCUT2D eigenvalue weighted by atomic mass is 32.2. The number of hydrogen-bond donors (Lipinski definition) is 4. The zero-order valence-electron chi connectivity index (χ0n) is 16.0. The van der Waals surface area contributed by atoms with E-state index in [2.05, 4.69) is 16.0 Å². The number of β-lactam (4-membered cyclic amide) rings is 1. The number of fused-ring (bicyclic) bond motifs is 1. The molecule has 3 heterocycles. The van der Waals surface area contributed by atoms with Crippen molar-refractivity contribution in [2.45, 2.75) is 17.5 Å². The lowest BCUT2D eigenvalue weighted by Crippen LogP contribution is -2.86. The maximum Gasteiger partial charge on any atom is 0.352 e. The molecule has 0 bridgehead atoms. The second-order valence-electron chi connectivity index (χ2n) is 6.81. The molecular weight excluding hydrogens is 424 g/mol. The highest BCUT2D eigenvalue weighted by Crippen LogP contribution is 2.43. The van der Waals surface area contributed by atoms with Gasteiger partial charge in [-0.15, -0.1) is 11.8 Å². The Bertz CT molecular complexity index is 1050. The first-order chi connectivity index (χ1) is 14.9. The second kappa shape index (κ2) is 8.19. The molecule has 10 nitrogen and oxygen atoms in total. The van der Waals surface area contributed by atoms with Crippen LogP contribution in [-0.2, 0) is 20.8 Å². The lowest BCUT2D eigenvalue weighted by Gasteiger charge is -2.56. The molecule has 1 fully saturated rings. The zero-order valence-corrected chi connectivity index (χ0v) is 16.8. The molecule has 1 aromatic heterocycles. The quantitative estimate of drug-likeness (QED) is 0.391. The number of carboxylic acids is 1. The Kier molecular flexibility index (Phi) is 5.42. The molecule has 1 saturated heterocycles. The SMILES string of the molecule is O=C(Cc1ccco1)NC1(NC(=O)Nc2ccccc2)C(=O)N2C(C(=O)O)=CCS[C@H]21. The van der Waals surface area contributed by atoms with Crippen LogP contribution in [0.1, 0.15) is 5.76 Å². The first-order valence-electron chi connectivity index (χ1n) is 9.27. The van der Waals surface area contributed by atoms with Gasteiger partial charge in [-0.2, -0.15) is 0 Å². The maximum atomic E-state index is 13.1. The molecule has 31 heavy (non-hydrogen) atoms. The monoisotopic (exact) mass is 442 g/mol. The molecule has 1 aromatic carbocycles. The van der Waals surface area contributed by atoms with Gasteiger partial charge in [-0.05, 0) is 30.3 Å². The molecule has 4 amide bonds. The summed E-state index contributed by atoms with van der Waals surface area (Å²) >= 11 is 1.23. The molecule has 0 saturated carbocycles. The van der Waals surface area contributed by atoms with Gasteiger partial charge in [0.05, 0.1) is 12.7 Å². The molecule has 1 unspecified atom stereocenters. The minimum atomic E-state index is -1.80. The predicted molar refractivity (Wildman–Crippen MR) is 111 cm³/mol. The molecule has 2 atom stereocenters. The summed E-state index contributed by atoms with van der Waals surface area (Å²) < 4.78 is 5.16. The fourth-order valence-corrected chi connectivity index (χ4v) is 4.70. The van der Waals surface area contributed by atoms with Crippen molar-refractivity contribution in [2.24, 2.45) is 0 Å². The molecule has 2 aliphatic heterocycles. The van der Waals surface area contributed by atoms with E-state index in [-0.39, 0.29) is 12.1 Å². The lowest BCUT2D eigenvalue weighted by atomic mass is 9.95. The van der Waals surface area contributed by atoms with Gasteiger partial charge < -0.3 is 25.5 Å². The van der Waals surface area contributed by atoms with E-state index < -0.39 is 34.9 Å². The molecule has 0 radical (unpaired) electrons. The van der Waals surface area contributed by atoms with E-state index in [1.54, 1.807) is 42.5 Å². The minimum Gasteiger partial charge on any atom is -0.477 e. The molecule has 2 aliphatic rings. The van der Waals surface area contributed by atoms with Crippen molar-refractivity contribution >= 4 is 41.3 Å². The van der Waals surface area contributed by atoms with Crippen LogP contribution in [0.15, 0.2) is 64.9 Å². The van der Waals surface area contributed by atoms with Gasteiger partial charge >= 0.3 is 12.0 Å². The summed E-state index contributed by atoms with van der Waals surface area (Å²) in [6, 6.07) is 11.1. The standard InChI is InChI=1S/C20H18N4O6S/c25-15(11-13-7-4-9-30-13)22-20(23-19(29)21-12-5-2-1-3-6-12)17(28)24-14(16(26)27)8-10-31-18(20)24/h1-9,18H,10-11H2,(H,22,25)(H,26,27)(H2,21,23,29)/t18-,20?/m0/s1. The third-order valence-electron chi connectivity index (χ3n) is 4.76. The van der Waals surface area contributed by atoms with Crippen LogP contribution in [-0.4, -0.2) is 50.6 Å². The highest BCUT2D eigenvalue weighted by Gasteiger charge is 2.66. The van der Waals surface area contributed by atoms with Crippen LogP contribution in [0.2, 0.25) is 0 Å². The van der Waals surface area contributed by atoms with E-state index in [0.29, 0.717) is 17.2 Å². The maximum absolute atomic E-state index is 13.1. The predicted octanol–water partition coefficient (Wildman–Crippen LogP) is 1.34. The Hall–Kier alpha value is -3.73. The molecular formula is C20H18N4O6S. The number of nitrogens with one attached hydrogen (secondary N) is 3. The smallest absolute Gasteiger partial charge is 0.352 e. The first kappa shape index (κ1) is 20.5. The summed E-state index contributed by atoms with van der Waals surface area (Å²) in [5.41, 5.74) is -1.50. The Morgan fingerprint density at radius 2 is 1.94 bits per heavy atom.